The van der Waals surface area contributed by atoms with Crippen molar-refractivity contribution in [1.29, 1.82) is 0 Å². The summed E-state index contributed by atoms with van der Waals surface area (Å²) in [6.07, 6.45) is 0. The maximum absolute atomic E-state index is 12.9. The average molecular weight is 411 g/mol. The standard InChI is InChI=1S/C25H21N3O3/c1-15-7-10-19(31-15)14-26-25(29)20-11-12-21-22(24(20)30-2)23(28-27-21)18-9-8-16-5-3-4-6-17(16)13-18/h3-13H,14H2,1-2H3,(H,26,29)(H,27,28). The molecule has 0 saturated carbocycles. The van der Waals surface area contributed by atoms with Crippen molar-refractivity contribution in [3.05, 3.63) is 83.8 Å². The Morgan fingerprint density at radius 3 is 2.68 bits per heavy atom. The lowest BCUT2D eigenvalue weighted by Gasteiger charge is -2.11. The molecule has 6 nitrogen and oxygen atoms in total. The van der Waals surface area contributed by atoms with Crippen LogP contribution >= 0.6 is 0 Å². The van der Waals surface area contributed by atoms with Gasteiger partial charge in [-0.2, -0.15) is 5.10 Å². The number of aromatic nitrogens is 2. The van der Waals surface area contributed by atoms with E-state index < -0.39 is 0 Å². The number of benzene rings is 3. The SMILES string of the molecule is COc1c(C(=O)NCc2ccc(C)o2)ccc2[nH]nc(-c3ccc4ccccc4c3)c12. The van der Waals surface area contributed by atoms with Gasteiger partial charge in [-0.1, -0.05) is 36.4 Å². The van der Waals surface area contributed by atoms with Gasteiger partial charge in [-0.25, -0.2) is 0 Å². The minimum Gasteiger partial charge on any atom is -0.495 e. The van der Waals surface area contributed by atoms with Crippen molar-refractivity contribution in [3.8, 4) is 17.0 Å². The molecule has 6 heteroatoms. The van der Waals surface area contributed by atoms with Crippen LogP contribution in [0.25, 0.3) is 32.9 Å². The molecule has 0 atom stereocenters. The number of carbonyl (C=O) groups excluding carboxylic acids is 1. The topological polar surface area (TPSA) is 80.1 Å². The van der Waals surface area contributed by atoms with E-state index in [-0.39, 0.29) is 5.91 Å². The molecule has 2 aromatic heterocycles. The Labute approximate surface area is 178 Å². The molecule has 0 saturated heterocycles. The first-order chi connectivity index (χ1) is 15.1. The minimum absolute atomic E-state index is 0.238. The van der Waals surface area contributed by atoms with Crippen LogP contribution in [0.5, 0.6) is 5.75 Å². The summed E-state index contributed by atoms with van der Waals surface area (Å²) in [5, 5.41) is 13.5. The highest BCUT2D eigenvalue weighted by Gasteiger charge is 2.20. The lowest BCUT2D eigenvalue weighted by Crippen LogP contribution is -2.23. The third-order valence-electron chi connectivity index (χ3n) is 5.37. The Bertz CT molecular complexity index is 1410. The average Bonchev–Trinajstić information content (AvgIpc) is 3.42. The van der Waals surface area contributed by atoms with E-state index in [1.165, 1.54) is 0 Å². The first kappa shape index (κ1) is 18.9. The molecule has 0 aliphatic carbocycles. The van der Waals surface area contributed by atoms with E-state index >= 15 is 0 Å². The van der Waals surface area contributed by atoms with Gasteiger partial charge in [-0.15, -0.1) is 0 Å². The first-order valence-corrected chi connectivity index (χ1v) is 10.0. The highest BCUT2D eigenvalue weighted by molar-refractivity contribution is 6.07. The third-order valence-corrected chi connectivity index (χ3v) is 5.37. The minimum atomic E-state index is -0.238. The summed E-state index contributed by atoms with van der Waals surface area (Å²) in [6.45, 7) is 2.17. The Hall–Kier alpha value is -4.06. The zero-order chi connectivity index (χ0) is 21.4. The van der Waals surface area contributed by atoms with Crippen LogP contribution in [0.4, 0.5) is 0 Å². The highest BCUT2D eigenvalue weighted by atomic mass is 16.5. The molecule has 1 amide bonds. The molecule has 0 unspecified atom stereocenters. The number of methoxy groups -OCH3 is 1. The number of aromatic amines is 1. The van der Waals surface area contributed by atoms with Gasteiger partial charge < -0.3 is 14.5 Å². The van der Waals surface area contributed by atoms with Crippen LogP contribution in [0.1, 0.15) is 21.9 Å². The van der Waals surface area contributed by atoms with Crippen molar-refractivity contribution in [1.82, 2.24) is 15.5 Å². The second kappa shape index (κ2) is 7.65. The van der Waals surface area contributed by atoms with Crippen LogP contribution in [-0.4, -0.2) is 23.2 Å². The van der Waals surface area contributed by atoms with E-state index in [1.54, 1.807) is 13.2 Å². The summed E-state index contributed by atoms with van der Waals surface area (Å²) in [5.41, 5.74) is 2.95. The number of nitrogens with zero attached hydrogens (tertiary/aromatic N) is 1. The number of ether oxygens (including phenoxy) is 1. The Balaban J connectivity index is 1.55. The molecular weight excluding hydrogens is 390 g/mol. The molecule has 154 valence electrons. The van der Waals surface area contributed by atoms with Gasteiger partial charge in [-0.3, -0.25) is 9.89 Å². The van der Waals surface area contributed by atoms with Gasteiger partial charge in [0.2, 0.25) is 0 Å². The fraction of sp³-hybridized carbons (Fsp3) is 0.120. The lowest BCUT2D eigenvalue weighted by molar-refractivity contribution is 0.0945. The van der Waals surface area contributed by atoms with Crippen molar-refractivity contribution in [3.63, 3.8) is 0 Å². The molecule has 0 spiro atoms. The maximum Gasteiger partial charge on any atom is 0.255 e. The van der Waals surface area contributed by atoms with Crippen LogP contribution < -0.4 is 10.1 Å². The molecule has 0 radical (unpaired) electrons. The first-order valence-electron chi connectivity index (χ1n) is 10.0. The molecule has 0 bridgehead atoms. The van der Waals surface area contributed by atoms with Gasteiger partial charge in [0.15, 0.2) is 0 Å². The summed E-state index contributed by atoms with van der Waals surface area (Å²) >= 11 is 0. The van der Waals surface area contributed by atoms with Crippen molar-refractivity contribution in [2.45, 2.75) is 13.5 Å². The third kappa shape index (κ3) is 3.42. The predicted octanol–water partition coefficient (Wildman–Crippen LogP) is 5.22. The van der Waals surface area contributed by atoms with E-state index in [9.17, 15) is 4.79 Å². The molecule has 0 fully saturated rings. The summed E-state index contributed by atoms with van der Waals surface area (Å²) < 4.78 is 11.2. The Morgan fingerprint density at radius 1 is 1.06 bits per heavy atom. The normalized spacial score (nSPS) is 11.2. The van der Waals surface area contributed by atoms with Gasteiger partial charge in [-0.05, 0) is 48.0 Å². The largest absolute Gasteiger partial charge is 0.495 e. The number of fused-ring (bicyclic) bond motifs is 2. The van der Waals surface area contributed by atoms with Crippen LogP contribution in [0, 0.1) is 6.92 Å². The number of carbonyl (C=O) groups is 1. The monoisotopic (exact) mass is 411 g/mol. The molecule has 3 aromatic carbocycles. The molecule has 0 aliphatic heterocycles. The molecule has 5 rings (SSSR count). The number of amides is 1. The Morgan fingerprint density at radius 2 is 1.90 bits per heavy atom. The smallest absolute Gasteiger partial charge is 0.255 e. The van der Waals surface area contributed by atoms with Crippen molar-refractivity contribution in [2.24, 2.45) is 0 Å². The van der Waals surface area contributed by atoms with E-state index in [1.807, 2.05) is 43.3 Å². The van der Waals surface area contributed by atoms with Crippen molar-refractivity contribution < 1.29 is 13.9 Å². The maximum atomic E-state index is 12.9. The number of hydrogen-bond acceptors (Lipinski definition) is 4. The number of hydrogen-bond donors (Lipinski definition) is 2. The molecule has 0 aliphatic rings. The fourth-order valence-electron chi connectivity index (χ4n) is 3.86. The summed E-state index contributed by atoms with van der Waals surface area (Å²) in [4.78, 5) is 12.9. The van der Waals surface area contributed by atoms with Crippen LogP contribution in [0.2, 0.25) is 0 Å². The van der Waals surface area contributed by atoms with Crippen LogP contribution in [-0.2, 0) is 6.54 Å². The summed E-state index contributed by atoms with van der Waals surface area (Å²) in [6, 6.07) is 21.7. The number of rotatable bonds is 5. The Kier molecular flexibility index (Phi) is 4.67. The van der Waals surface area contributed by atoms with E-state index in [4.69, 9.17) is 9.15 Å². The molecule has 31 heavy (non-hydrogen) atoms. The summed E-state index contributed by atoms with van der Waals surface area (Å²) in [5.74, 6) is 1.76. The quantitative estimate of drug-likeness (QED) is 0.415. The molecule has 5 aromatic rings. The predicted molar refractivity (Wildman–Crippen MR) is 120 cm³/mol. The van der Waals surface area contributed by atoms with Gasteiger partial charge in [0.25, 0.3) is 5.91 Å². The lowest BCUT2D eigenvalue weighted by atomic mass is 10.0. The number of H-pyrrole nitrogens is 1. The van der Waals surface area contributed by atoms with E-state index in [2.05, 4.69) is 39.8 Å². The van der Waals surface area contributed by atoms with E-state index in [0.717, 1.165) is 38.7 Å². The zero-order valence-corrected chi connectivity index (χ0v) is 17.2. The van der Waals surface area contributed by atoms with Crippen LogP contribution in [0.3, 0.4) is 0 Å². The molecule has 2 N–H and O–H groups in total. The van der Waals surface area contributed by atoms with Crippen molar-refractivity contribution >= 4 is 27.6 Å². The molecular formula is C25H21N3O3. The number of furan rings is 1. The number of nitrogens with one attached hydrogen (secondary N) is 2. The van der Waals surface area contributed by atoms with Gasteiger partial charge in [0, 0.05) is 5.56 Å². The highest BCUT2D eigenvalue weighted by Crippen LogP contribution is 2.37. The van der Waals surface area contributed by atoms with E-state index in [0.29, 0.717) is 23.6 Å². The fourth-order valence-corrected chi connectivity index (χ4v) is 3.86. The second-order valence-electron chi connectivity index (χ2n) is 7.40. The van der Waals surface area contributed by atoms with Gasteiger partial charge in [0.05, 0.1) is 30.1 Å². The summed E-state index contributed by atoms with van der Waals surface area (Å²) in [7, 11) is 1.57. The van der Waals surface area contributed by atoms with Gasteiger partial charge >= 0.3 is 0 Å². The van der Waals surface area contributed by atoms with Crippen LogP contribution in [0.15, 0.2) is 71.1 Å². The van der Waals surface area contributed by atoms with Gasteiger partial charge in [0.1, 0.15) is 23.0 Å². The zero-order valence-electron chi connectivity index (χ0n) is 17.2. The molecule has 2 heterocycles. The van der Waals surface area contributed by atoms with Crippen molar-refractivity contribution in [2.75, 3.05) is 7.11 Å². The second-order valence-corrected chi connectivity index (χ2v) is 7.40. The number of aryl methyl sites for hydroxylation is 1.